The van der Waals surface area contributed by atoms with Gasteiger partial charge in [-0.3, -0.25) is 4.72 Å². The van der Waals surface area contributed by atoms with Gasteiger partial charge < -0.3 is 10.2 Å². The van der Waals surface area contributed by atoms with Crippen LogP contribution in [0.25, 0.3) is 0 Å². The van der Waals surface area contributed by atoms with Gasteiger partial charge in [-0.25, -0.2) is 13.4 Å². The van der Waals surface area contributed by atoms with Crippen molar-refractivity contribution in [3.8, 4) is 0 Å². The highest BCUT2D eigenvalue weighted by Crippen LogP contribution is 2.23. The Hall–Kier alpha value is -3.13. The van der Waals surface area contributed by atoms with Crippen molar-refractivity contribution in [2.75, 3.05) is 28.0 Å². The van der Waals surface area contributed by atoms with Crippen LogP contribution in [0.4, 0.5) is 23.1 Å². The predicted octanol–water partition coefficient (Wildman–Crippen LogP) is 4.07. The Kier molecular flexibility index (Phi) is 5.85. The second-order valence-electron chi connectivity index (χ2n) is 7.43. The van der Waals surface area contributed by atoms with Crippen molar-refractivity contribution in [2.45, 2.75) is 25.5 Å². The molecule has 3 aromatic rings. The van der Waals surface area contributed by atoms with E-state index in [9.17, 15) is 8.42 Å². The van der Waals surface area contributed by atoms with E-state index in [1.54, 1.807) is 24.3 Å². The molecule has 2 heterocycles. The summed E-state index contributed by atoms with van der Waals surface area (Å²) in [5.41, 5.74) is 2.95. The first-order chi connectivity index (χ1) is 14.5. The van der Waals surface area contributed by atoms with Crippen LogP contribution in [0.3, 0.4) is 0 Å². The first-order valence-corrected chi connectivity index (χ1v) is 11.6. The molecule has 4 rings (SSSR count). The molecule has 1 aromatic heterocycles. The molecule has 0 aliphatic carbocycles. The number of rotatable bonds is 7. The van der Waals surface area contributed by atoms with Gasteiger partial charge in [0, 0.05) is 36.2 Å². The lowest BCUT2D eigenvalue weighted by Crippen LogP contribution is -2.19. The summed E-state index contributed by atoms with van der Waals surface area (Å²) in [6.07, 6.45) is 2.38. The summed E-state index contributed by atoms with van der Waals surface area (Å²) in [6, 6.07) is 18.2. The Balaban J connectivity index is 1.42. The summed E-state index contributed by atoms with van der Waals surface area (Å²) in [6.45, 7) is 4.00. The zero-order chi connectivity index (χ0) is 21.0. The molecule has 0 unspecified atom stereocenters. The molecule has 1 aliphatic heterocycles. The maximum Gasteiger partial charge on any atom is 0.236 e. The molecule has 1 fully saturated rings. The van der Waals surface area contributed by atoms with Crippen molar-refractivity contribution in [3.63, 3.8) is 0 Å². The first kappa shape index (κ1) is 20.2. The molecule has 0 radical (unpaired) electrons. The molecule has 7 nitrogen and oxygen atoms in total. The van der Waals surface area contributed by atoms with Crippen molar-refractivity contribution >= 4 is 33.2 Å². The molecule has 156 valence electrons. The molecule has 30 heavy (non-hydrogen) atoms. The quantitative estimate of drug-likeness (QED) is 0.596. The van der Waals surface area contributed by atoms with Crippen molar-refractivity contribution in [2.24, 2.45) is 0 Å². The van der Waals surface area contributed by atoms with E-state index in [-0.39, 0.29) is 5.75 Å². The molecular weight excluding hydrogens is 398 g/mol. The van der Waals surface area contributed by atoms with Crippen LogP contribution in [-0.2, 0) is 15.8 Å². The number of anilines is 4. The van der Waals surface area contributed by atoms with Crippen LogP contribution in [0.15, 0.2) is 60.7 Å². The maximum absolute atomic E-state index is 12.4. The van der Waals surface area contributed by atoms with Crippen molar-refractivity contribution in [1.82, 2.24) is 9.97 Å². The van der Waals surface area contributed by atoms with Gasteiger partial charge in [0.15, 0.2) is 0 Å². The van der Waals surface area contributed by atoms with E-state index in [1.165, 1.54) is 12.8 Å². The van der Waals surface area contributed by atoms with Gasteiger partial charge in [0.1, 0.15) is 5.82 Å². The fraction of sp³-hybridized carbons (Fsp3) is 0.273. The molecule has 2 aromatic carbocycles. The smallest absolute Gasteiger partial charge is 0.236 e. The number of aromatic nitrogens is 2. The van der Waals surface area contributed by atoms with E-state index < -0.39 is 10.0 Å². The van der Waals surface area contributed by atoms with Gasteiger partial charge >= 0.3 is 0 Å². The second kappa shape index (κ2) is 8.71. The van der Waals surface area contributed by atoms with Crippen molar-refractivity contribution < 1.29 is 8.42 Å². The monoisotopic (exact) mass is 423 g/mol. The van der Waals surface area contributed by atoms with Crippen LogP contribution >= 0.6 is 0 Å². The van der Waals surface area contributed by atoms with Gasteiger partial charge in [-0.2, -0.15) is 4.98 Å². The number of hydrogen-bond donors (Lipinski definition) is 2. The van der Waals surface area contributed by atoms with E-state index in [4.69, 9.17) is 0 Å². The fourth-order valence-corrected chi connectivity index (χ4v) is 4.67. The summed E-state index contributed by atoms with van der Waals surface area (Å²) >= 11 is 0. The third-order valence-corrected chi connectivity index (χ3v) is 6.14. The van der Waals surface area contributed by atoms with Crippen LogP contribution in [0.1, 0.15) is 24.1 Å². The number of sulfonamides is 1. The number of aryl methyl sites for hydroxylation is 1. The third-order valence-electron chi connectivity index (χ3n) is 4.88. The minimum atomic E-state index is -3.48. The van der Waals surface area contributed by atoms with Crippen LogP contribution in [0.5, 0.6) is 0 Å². The Morgan fingerprint density at radius 2 is 1.60 bits per heavy atom. The molecule has 1 aliphatic rings. The van der Waals surface area contributed by atoms with Crippen LogP contribution in [0.2, 0.25) is 0 Å². The Morgan fingerprint density at radius 1 is 0.933 bits per heavy atom. The standard InChI is InChI=1S/C22H25N5O2S/c1-17-15-21(27-13-5-6-14-27)25-22(23-17)24-19-9-11-20(12-10-19)26-30(28,29)16-18-7-3-2-4-8-18/h2-4,7-12,15,26H,5-6,13-14,16H2,1H3,(H,23,24,25). The van der Waals surface area contributed by atoms with Gasteiger partial charge in [-0.15, -0.1) is 0 Å². The summed E-state index contributed by atoms with van der Waals surface area (Å²) in [4.78, 5) is 11.4. The number of nitrogens with one attached hydrogen (secondary N) is 2. The average molecular weight is 424 g/mol. The van der Waals surface area contributed by atoms with Crippen LogP contribution in [-0.4, -0.2) is 31.5 Å². The van der Waals surface area contributed by atoms with E-state index in [0.29, 0.717) is 11.6 Å². The molecule has 8 heteroatoms. The van der Waals surface area contributed by atoms with Gasteiger partial charge in [0.25, 0.3) is 0 Å². The highest BCUT2D eigenvalue weighted by Gasteiger charge is 2.15. The largest absolute Gasteiger partial charge is 0.356 e. The van der Waals surface area contributed by atoms with E-state index >= 15 is 0 Å². The predicted molar refractivity (Wildman–Crippen MR) is 121 cm³/mol. The number of nitrogens with zero attached hydrogens (tertiary/aromatic N) is 3. The van der Waals surface area contributed by atoms with E-state index in [2.05, 4.69) is 24.9 Å². The molecule has 0 atom stereocenters. The number of benzene rings is 2. The van der Waals surface area contributed by atoms with Gasteiger partial charge in [0.2, 0.25) is 16.0 Å². The summed E-state index contributed by atoms with van der Waals surface area (Å²) < 4.78 is 27.4. The Morgan fingerprint density at radius 3 is 2.30 bits per heavy atom. The van der Waals surface area contributed by atoms with Crippen LogP contribution in [0, 0.1) is 6.92 Å². The van der Waals surface area contributed by atoms with Gasteiger partial charge in [0.05, 0.1) is 5.75 Å². The minimum absolute atomic E-state index is 0.0652. The maximum atomic E-state index is 12.4. The van der Waals surface area contributed by atoms with Crippen molar-refractivity contribution in [3.05, 3.63) is 71.9 Å². The molecule has 2 N–H and O–H groups in total. The molecule has 0 bridgehead atoms. The zero-order valence-electron chi connectivity index (χ0n) is 16.9. The van der Waals surface area contributed by atoms with Gasteiger partial charge in [-0.05, 0) is 49.6 Å². The summed E-state index contributed by atoms with van der Waals surface area (Å²) in [5, 5.41) is 3.21. The van der Waals surface area contributed by atoms with Crippen molar-refractivity contribution in [1.29, 1.82) is 0 Å². The normalized spacial score (nSPS) is 14.0. The molecule has 0 amide bonds. The third kappa shape index (κ3) is 5.27. The highest BCUT2D eigenvalue weighted by atomic mass is 32.2. The SMILES string of the molecule is Cc1cc(N2CCCC2)nc(Nc2ccc(NS(=O)(=O)Cc3ccccc3)cc2)n1. The molecule has 1 saturated heterocycles. The minimum Gasteiger partial charge on any atom is -0.356 e. The average Bonchev–Trinajstić information content (AvgIpc) is 3.24. The lowest BCUT2D eigenvalue weighted by molar-refractivity contribution is 0.600. The molecule has 0 saturated carbocycles. The summed E-state index contributed by atoms with van der Waals surface area (Å²) in [5.74, 6) is 1.41. The Labute approximate surface area is 177 Å². The topological polar surface area (TPSA) is 87.2 Å². The second-order valence-corrected chi connectivity index (χ2v) is 9.16. The summed E-state index contributed by atoms with van der Waals surface area (Å²) in [7, 11) is -3.48. The van der Waals surface area contributed by atoms with Gasteiger partial charge in [-0.1, -0.05) is 30.3 Å². The lowest BCUT2D eigenvalue weighted by Gasteiger charge is -2.17. The Bertz CT molecular complexity index is 1100. The zero-order valence-corrected chi connectivity index (χ0v) is 17.7. The van der Waals surface area contributed by atoms with E-state index in [0.717, 1.165) is 35.9 Å². The fourth-order valence-electron chi connectivity index (χ4n) is 3.48. The van der Waals surface area contributed by atoms with E-state index in [1.807, 2.05) is 43.3 Å². The highest BCUT2D eigenvalue weighted by molar-refractivity contribution is 7.91. The molecular formula is C22H25N5O2S. The number of hydrogen-bond acceptors (Lipinski definition) is 6. The lowest BCUT2D eigenvalue weighted by atomic mass is 10.2. The van der Waals surface area contributed by atoms with Crippen LogP contribution < -0.4 is 14.9 Å². The molecule has 0 spiro atoms. The first-order valence-electron chi connectivity index (χ1n) is 9.99.